The molecular formula is C26H30N4O3. The van der Waals surface area contributed by atoms with Crippen molar-refractivity contribution < 1.29 is 14.3 Å². The molecule has 0 radical (unpaired) electrons. The van der Waals surface area contributed by atoms with Crippen LogP contribution in [-0.2, 0) is 11.2 Å². The first-order valence-electron chi connectivity index (χ1n) is 11.3. The average molecular weight is 447 g/mol. The Morgan fingerprint density at radius 2 is 1.76 bits per heavy atom. The van der Waals surface area contributed by atoms with E-state index in [2.05, 4.69) is 20.2 Å². The van der Waals surface area contributed by atoms with Crippen LogP contribution in [0.15, 0.2) is 60.9 Å². The molecule has 0 spiro atoms. The number of methoxy groups -OCH3 is 2. The summed E-state index contributed by atoms with van der Waals surface area (Å²) < 4.78 is 10.6. The third-order valence-electron chi connectivity index (χ3n) is 6.07. The van der Waals surface area contributed by atoms with Crippen LogP contribution < -0.4 is 19.7 Å². The predicted molar refractivity (Wildman–Crippen MR) is 129 cm³/mol. The lowest BCUT2D eigenvalue weighted by atomic mass is 9.95. The molecule has 0 saturated carbocycles. The highest BCUT2D eigenvalue weighted by atomic mass is 16.5. The fraction of sp³-hybridized carbons (Fsp3) is 0.346. The van der Waals surface area contributed by atoms with Crippen molar-refractivity contribution in [1.82, 2.24) is 15.3 Å². The number of piperidine rings is 1. The number of nitrogens with one attached hydrogen (secondary N) is 1. The molecule has 1 saturated heterocycles. The van der Waals surface area contributed by atoms with Gasteiger partial charge in [0.05, 0.1) is 19.9 Å². The van der Waals surface area contributed by atoms with E-state index in [1.165, 1.54) is 0 Å². The van der Waals surface area contributed by atoms with E-state index < -0.39 is 0 Å². The summed E-state index contributed by atoms with van der Waals surface area (Å²) in [4.78, 5) is 23.8. The van der Waals surface area contributed by atoms with E-state index >= 15 is 0 Å². The zero-order valence-electron chi connectivity index (χ0n) is 19.2. The molecule has 1 amide bonds. The second kappa shape index (κ2) is 10.8. The van der Waals surface area contributed by atoms with Crippen LogP contribution in [-0.4, -0.2) is 49.7 Å². The van der Waals surface area contributed by atoms with E-state index in [-0.39, 0.29) is 11.8 Å². The van der Waals surface area contributed by atoms with Crippen LogP contribution in [0, 0.1) is 5.92 Å². The van der Waals surface area contributed by atoms with Crippen LogP contribution in [0.25, 0.3) is 11.3 Å². The maximum absolute atomic E-state index is 12.7. The highest BCUT2D eigenvalue weighted by Gasteiger charge is 2.25. The number of carbonyl (C=O) groups is 1. The van der Waals surface area contributed by atoms with Gasteiger partial charge >= 0.3 is 0 Å². The van der Waals surface area contributed by atoms with Gasteiger partial charge in [0.2, 0.25) is 5.91 Å². The van der Waals surface area contributed by atoms with Crippen molar-refractivity contribution in [2.75, 3.05) is 38.8 Å². The molecule has 4 rings (SSSR count). The van der Waals surface area contributed by atoms with E-state index in [1.807, 2.05) is 54.6 Å². The number of hydrogen-bond donors (Lipinski definition) is 1. The molecule has 7 nitrogen and oxygen atoms in total. The average Bonchev–Trinajstić information content (AvgIpc) is 2.89. The summed E-state index contributed by atoms with van der Waals surface area (Å²) in [5, 5.41) is 3.10. The lowest BCUT2D eigenvalue weighted by Gasteiger charge is -2.32. The van der Waals surface area contributed by atoms with Gasteiger partial charge in [-0.05, 0) is 37.0 Å². The Labute approximate surface area is 194 Å². The summed E-state index contributed by atoms with van der Waals surface area (Å²) >= 11 is 0. The molecule has 2 aromatic carbocycles. The van der Waals surface area contributed by atoms with Gasteiger partial charge in [-0.3, -0.25) is 4.79 Å². The molecule has 3 aromatic rings. The van der Waals surface area contributed by atoms with E-state index in [1.54, 1.807) is 20.5 Å². The number of anilines is 1. The van der Waals surface area contributed by atoms with Gasteiger partial charge < -0.3 is 19.7 Å². The van der Waals surface area contributed by atoms with Crippen molar-refractivity contribution in [3.63, 3.8) is 0 Å². The molecule has 0 bridgehead atoms. The maximum atomic E-state index is 12.7. The zero-order chi connectivity index (χ0) is 23.0. The largest absolute Gasteiger partial charge is 0.493 e. The zero-order valence-corrected chi connectivity index (χ0v) is 19.2. The second-order valence-corrected chi connectivity index (χ2v) is 8.12. The minimum absolute atomic E-state index is 0.0297. The van der Waals surface area contributed by atoms with Gasteiger partial charge in [-0.2, -0.15) is 0 Å². The van der Waals surface area contributed by atoms with Crippen LogP contribution in [0.3, 0.4) is 0 Å². The Balaban J connectivity index is 1.26. The Morgan fingerprint density at radius 1 is 1.00 bits per heavy atom. The molecule has 172 valence electrons. The normalized spacial score (nSPS) is 14.1. The molecule has 0 atom stereocenters. The molecule has 1 aliphatic heterocycles. The van der Waals surface area contributed by atoms with Crippen molar-refractivity contribution >= 4 is 11.7 Å². The van der Waals surface area contributed by atoms with E-state index in [4.69, 9.17) is 9.47 Å². The van der Waals surface area contributed by atoms with Gasteiger partial charge in [0.15, 0.2) is 11.5 Å². The Bertz CT molecular complexity index is 1070. The molecular weight excluding hydrogens is 416 g/mol. The molecule has 1 fully saturated rings. The van der Waals surface area contributed by atoms with Gasteiger partial charge in [-0.25, -0.2) is 9.97 Å². The van der Waals surface area contributed by atoms with E-state index in [0.29, 0.717) is 18.0 Å². The first-order chi connectivity index (χ1) is 16.2. The number of hydrogen-bond acceptors (Lipinski definition) is 6. The van der Waals surface area contributed by atoms with Crippen LogP contribution >= 0.6 is 0 Å². The molecule has 7 heteroatoms. The SMILES string of the molecule is COc1ccc(CCNC(=O)C2CCN(c3cc(-c4ccccc4)ncn3)CC2)cc1OC. The summed E-state index contributed by atoms with van der Waals surface area (Å²) in [6.45, 7) is 2.21. The lowest BCUT2D eigenvalue weighted by molar-refractivity contribution is -0.125. The quantitative estimate of drug-likeness (QED) is 0.568. The monoisotopic (exact) mass is 446 g/mol. The Morgan fingerprint density at radius 3 is 2.48 bits per heavy atom. The summed E-state index contributed by atoms with van der Waals surface area (Å²) in [7, 11) is 3.25. The minimum Gasteiger partial charge on any atom is -0.493 e. The topological polar surface area (TPSA) is 76.6 Å². The maximum Gasteiger partial charge on any atom is 0.223 e. The second-order valence-electron chi connectivity index (χ2n) is 8.12. The third-order valence-corrected chi connectivity index (χ3v) is 6.07. The van der Waals surface area contributed by atoms with Gasteiger partial charge in [-0.15, -0.1) is 0 Å². The fourth-order valence-electron chi connectivity index (χ4n) is 4.17. The van der Waals surface area contributed by atoms with E-state index in [0.717, 1.165) is 55.0 Å². The minimum atomic E-state index is 0.0297. The first-order valence-corrected chi connectivity index (χ1v) is 11.3. The smallest absolute Gasteiger partial charge is 0.223 e. The van der Waals surface area contributed by atoms with Crippen LogP contribution in [0.5, 0.6) is 11.5 Å². The summed E-state index contributed by atoms with van der Waals surface area (Å²) in [6, 6.07) is 18.0. The summed E-state index contributed by atoms with van der Waals surface area (Å²) in [6.07, 6.45) is 3.98. The molecule has 0 unspecified atom stereocenters. The standard InChI is InChI=1S/C26H30N4O3/c1-32-23-9-8-19(16-24(23)33-2)10-13-27-26(31)21-11-14-30(15-12-21)25-17-22(28-18-29-25)20-6-4-3-5-7-20/h3-9,16-18,21H,10-15H2,1-2H3,(H,27,31). The predicted octanol–water partition coefficient (Wildman–Crippen LogP) is 3.74. The van der Waals surface area contributed by atoms with Crippen molar-refractivity contribution in [1.29, 1.82) is 0 Å². The number of rotatable bonds is 8. The summed E-state index contributed by atoms with van der Waals surface area (Å²) in [5.41, 5.74) is 3.08. The molecule has 0 aliphatic carbocycles. The van der Waals surface area contributed by atoms with Crippen molar-refractivity contribution in [3.05, 3.63) is 66.5 Å². The third kappa shape index (κ3) is 5.61. The van der Waals surface area contributed by atoms with Gasteiger partial charge in [0, 0.05) is 37.2 Å². The first kappa shape index (κ1) is 22.6. The molecule has 2 heterocycles. The van der Waals surface area contributed by atoms with Crippen molar-refractivity contribution in [3.8, 4) is 22.8 Å². The van der Waals surface area contributed by atoms with Gasteiger partial charge in [0.1, 0.15) is 12.1 Å². The molecule has 1 aliphatic rings. The number of benzene rings is 2. The number of nitrogens with zero attached hydrogens (tertiary/aromatic N) is 3. The number of carbonyl (C=O) groups excluding carboxylic acids is 1. The highest BCUT2D eigenvalue weighted by molar-refractivity contribution is 5.79. The molecule has 33 heavy (non-hydrogen) atoms. The van der Waals surface area contributed by atoms with E-state index in [9.17, 15) is 4.79 Å². The number of aromatic nitrogens is 2. The molecule has 1 aromatic heterocycles. The van der Waals surface area contributed by atoms with Crippen LogP contribution in [0.4, 0.5) is 5.82 Å². The van der Waals surface area contributed by atoms with Gasteiger partial charge in [-0.1, -0.05) is 36.4 Å². The highest BCUT2D eigenvalue weighted by Crippen LogP contribution is 2.28. The van der Waals surface area contributed by atoms with Gasteiger partial charge in [0.25, 0.3) is 0 Å². The molecule has 1 N–H and O–H groups in total. The number of ether oxygens (including phenoxy) is 2. The lowest BCUT2D eigenvalue weighted by Crippen LogP contribution is -2.41. The van der Waals surface area contributed by atoms with Crippen LogP contribution in [0.2, 0.25) is 0 Å². The summed E-state index contributed by atoms with van der Waals surface area (Å²) in [5.74, 6) is 2.48. The van der Waals surface area contributed by atoms with Crippen LogP contribution in [0.1, 0.15) is 18.4 Å². The van der Waals surface area contributed by atoms with Crippen molar-refractivity contribution in [2.45, 2.75) is 19.3 Å². The Hall–Kier alpha value is -3.61. The fourth-order valence-corrected chi connectivity index (χ4v) is 4.17. The Kier molecular flexibility index (Phi) is 7.40. The van der Waals surface area contributed by atoms with Crippen molar-refractivity contribution in [2.24, 2.45) is 5.92 Å². The number of amides is 1.